The summed E-state index contributed by atoms with van der Waals surface area (Å²) in [6.45, 7) is 2.66. The van der Waals surface area contributed by atoms with E-state index in [0.717, 1.165) is 39.6 Å². The first-order chi connectivity index (χ1) is 12.7. The Morgan fingerprint density at radius 1 is 1.19 bits per heavy atom. The Labute approximate surface area is 166 Å². The molecule has 0 radical (unpaired) electrons. The van der Waals surface area contributed by atoms with Crippen molar-refractivity contribution in [3.63, 3.8) is 0 Å². The summed E-state index contributed by atoms with van der Waals surface area (Å²) in [5.74, 6) is 4.04. The molecule has 1 aliphatic rings. The van der Waals surface area contributed by atoms with Gasteiger partial charge >= 0.3 is 0 Å². The topological polar surface area (TPSA) is 41.1 Å². The average Bonchev–Trinajstić information content (AvgIpc) is 3.30. The smallest absolute Gasteiger partial charge is 0.147 e. The molecular weight excluding hydrogens is 387 g/mol. The van der Waals surface area contributed by atoms with E-state index < -0.39 is 0 Å². The predicted octanol–water partition coefficient (Wildman–Crippen LogP) is 5.02. The van der Waals surface area contributed by atoms with Gasteiger partial charge in [-0.1, -0.05) is 35.3 Å². The third kappa shape index (κ3) is 3.73. The van der Waals surface area contributed by atoms with Gasteiger partial charge in [-0.15, -0.1) is 11.3 Å². The van der Waals surface area contributed by atoms with E-state index in [4.69, 9.17) is 23.2 Å². The highest BCUT2D eigenvalue weighted by Crippen LogP contribution is 2.30. The number of benzene rings is 1. The van der Waals surface area contributed by atoms with Crippen LogP contribution in [0.2, 0.25) is 10.0 Å². The molecule has 0 bridgehead atoms. The second-order valence-electron chi connectivity index (χ2n) is 6.04. The fraction of sp³-hybridized carbons (Fsp3) is 0.263. The van der Waals surface area contributed by atoms with Crippen molar-refractivity contribution >= 4 is 50.6 Å². The van der Waals surface area contributed by atoms with Gasteiger partial charge in [0.2, 0.25) is 0 Å². The van der Waals surface area contributed by atoms with E-state index >= 15 is 0 Å². The first-order valence-electron chi connectivity index (χ1n) is 8.38. The summed E-state index contributed by atoms with van der Waals surface area (Å²) in [6.07, 6.45) is 4.02. The number of nitrogens with one attached hydrogen (secondary N) is 1. The zero-order valence-electron chi connectivity index (χ0n) is 13.9. The van der Waals surface area contributed by atoms with Crippen LogP contribution in [0.1, 0.15) is 23.3 Å². The predicted molar refractivity (Wildman–Crippen MR) is 109 cm³/mol. The Morgan fingerprint density at radius 2 is 2.04 bits per heavy atom. The third-order valence-corrected chi connectivity index (χ3v) is 6.14. The summed E-state index contributed by atoms with van der Waals surface area (Å²) >= 11 is 13.9. The molecule has 7 heteroatoms. The van der Waals surface area contributed by atoms with Crippen LogP contribution in [0.3, 0.4) is 0 Å². The lowest BCUT2D eigenvalue weighted by Crippen LogP contribution is -2.10. The molecule has 1 saturated heterocycles. The second-order valence-corrected chi connectivity index (χ2v) is 7.88. The molecule has 1 N–H and O–H groups in total. The van der Waals surface area contributed by atoms with Crippen molar-refractivity contribution in [3.05, 3.63) is 51.1 Å². The third-order valence-electron chi connectivity index (χ3n) is 4.23. The number of halogens is 2. The molecule has 0 aliphatic carbocycles. The maximum absolute atomic E-state index is 6.26. The van der Waals surface area contributed by atoms with Crippen LogP contribution in [-0.4, -0.2) is 28.0 Å². The molecule has 1 aromatic carbocycles. The quantitative estimate of drug-likeness (QED) is 0.624. The van der Waals surface area contributed by atoms with Crippen molar-refractivity contribution in [2.75, 3.05) is 18.4 Å². The van der Waals surface area contributed by atoms with Crippen LogP contribution >= 0.6 is 34.5 Å². The molecule has 4 nitrogen and oxygen atoms in total. The van der Waals surface area contributed by atoms with Crippen molar-refractivity contribution in [1.82, 2.24) is 14.9 Å². The summed E-state index contributed by atoms with van der Waals surface area (Å²) in [4.78, 5) is 11.9. The molecule has 0 unspecified atom stereocenters. The van der Waals surface area contributed by atoms with Crippen LogP contribution in [0, 0.1) is 12.0 Å². The van der Waals surface area contributed by atoms with Gasteiger partial charge in [0.25, 0.3) is 0 Å². The molecular formula is C19H16Cl2N4S. The van der Waals surface area contributed by atoms with Crippen LogP contribution in [-0.2, 0) is 6.54 Å². The zero-order chi connectivity index (χ0) is 17.9. The summed E-state index contributed by atoms with van der Waals surface area (Å²) in [6, 6.07) is 10.9. The molecule has 1 aliphatic heterocycles. The van der Waals surface area contributed by atoms with Crippen molar-refractivity contribution in [2.45, 2.75) is 19.4 Å². The van der Waals surface area contributed by atoms with E-state index in [9.17, 15) is 0 Å². The standard InChI is InChI=1S/C19H16Cl2N4S/c20-15-5-3-4-13(17(15)21)11-22-19-18-16(23-12-24-19)10-14(26-18)6-9-25-7-1-2-8-25/h3-5,10,12H,1-2,7-8,11H2,(H,22,23,24). The van der Waals surface area contributed by atoms with Crippen LogP contribution in [0.5, 0.6) is 0 Å². The van der Waals surface area contributed by atoms with Gasteiger partial charge in [-0.2, -0.15) is 0 Å². The maximum atomic E-state index is 6.26. The minimum Gasteiger partial charge on any atom is -0.365 e. The lowest BCUT2D eigenvalue weighted by atomic mass is 10.2. The highest BCUT2D eigenvalue weighted by atomic mass is 35.5. The Balaban J connectivity index is 1.56. The molecule has 0 atom stereocenters. The summed E-state index contributed by atoms with van der Waals surface area (Å²) < 4.78 is 0.997. The molecule has 0 amide bonds. The Bertz CT molecular complexity index is 1000. The molecule has 26 heavy (non-hydrogen) atoms. The van der Waals surface area contributed by atoms with E-state index in [2.05, 4.69) is 32.1 Å². The monoisotopic (exact) mass is 402 g/mol. The van der Waals surface area contributed by atoms with Gasteiger partial charge < -0.3 is 10.2 Å². The fourth-order valence-electron chi connectivity index (χ4n) is 2.87. The normalized spacial score (nSPS) is 13.7. The number of nitrogens with zero attached hydrogens (tertiary/aromatic N) is 3. The zero-order valence-corrected chi connectivity index (χ0v) is 16.3. The fourth-order valence-corrected chi connectivity index (χ4v) is 4.18. The van der Waals surface area contributed by atoms with Gasteiger partial charge in [0.15, 0.2) is 0 Å². The summed E-state index contributed by atoms with van der Waals surface area (Å²) in [5, 5.41) is 4.46. The number of likely N-dealkylation sites (tertiary alicyclic amines) is 1. The van der Waals surface area contributed by atoms with Crippen molar-refractivity contribution < 1.29 is 0 Å². The number of aromatic nitrogens is 2. The highest BCUT2D eigenvalue weighted by Gasteiger charge is 2.11. The molecule has 4 rings (SSSR count). The molecule has 1 fully saturated rings. The number of thiophene rings is 1. The lowest BCUT2D eigenvalue weighted by Gasteiger charge is -2.08. The maximum Gasteiger partial charge on any atom is 0.147 e. The number of hydrogen-bond donors (Lipinski definition) is 1. The number of hydrogen-bond acceptors (Lipinski definition) is 5. The van der Waals surface area contributed by atoms with E-state index in [1.54, 1.807) is 23.7 Å². The molecule has 132 valence electrons. The summed E-state index contributed by atoms with van der Waals surface area (Å²) in [5.41, 5.74) is 1.83. The van der Waals surface area contributed by atoms with Gasteiger partial charge in [0, 0.05) is 25.7 Å². The second kappa shape index (κ2) is 7.71. The molecule has 3 heterocycles. The van der Waals surface area contributed by atoms with Crippen molar-refractivity contribution in [1.29, 1.82) is 0 Å². The van der Waals surface area contributed by atoms with Gasteiger partial charge in [-0.3, -0.25) is 0 Å². The van der Waals surface area contributed by atoms with E-state index in [0.29, 0.717) is 16.6 Å². The summed E-state index contributed by atoms with van der Waals surface area (Å²) in [7, 11) is 0. The average molecular weight is 403 g/mol. The number of rotatable bonds is 3. The minimum atomic E-state index is 0.540. The molecule has 0 saturated carbocycles. The molecule has 0 spiro atoms. The van der Waals surface area contributed by atoms with Crippen LogP contribution in [0.4, 0.5) is 5.82 Å². The minimum absolute atomic E-state index is 0.540. The van der Waals surface area contributed by atoms with Gasteiger partial charge in [0.05, 0.1) is 25.1 Å². The van der Waals surface area contributed by atoms with E-state index in [1.165, 1.54) is 12.8 Å². The van der Waals surface area contributed by atoms with Crippen LogP contribution in [0.25, 0.3) is 10.2 Å². The Morgan fingerprint density at radius 3 is 2.88 bits per heavy atom. The van der Waals surface area contributed by atoms with E-state index in [-0.39, 0.29) is 0 Å². The lowest BCUT2D eigenvalue weighted by molar-refractivity contribution is 0.496. The Hall–Kier alpha value is -2.00. The molecule has 3 aromatic rings. The van der Waals surface area contributed by atoms with Gasteiger partial charge in [0.1, 0.15) is 12.1 Å². The van der Waals surface area contributed by atoms with Crippen molar-refractivity contribution in [2.24, 2.45) is 0 Å². The number of anilines is 1. The molecule has 2 aromatic heterocycles. The largest absolute Gasteiger partial charge is 0.365 e. The number of fused-ring (bicyclic) bond motifs is 1. The Kier molecular flexibility index (Phi) is 5.16. The van der Waals surface area contributed by atoms with Crippen molar-refractivity contribution in [3.8, 4) is 12.0 Å². The van der Waals surface area contributed by atoms with Crippen LogP contribution < -0.4 is 5.32 Å². The van der Waals surface area contributed by atoms with Gasteiger partial charge in [-0.25, -0.2) is 9.97 Å². The van der Waals surface area contributed by atoms with Gasteiger partial charge in [-0.05, 0) is 36.5 Å². The van der Waals surface area contributed by atoms with E-state index in [1.807, 2.05) is 18.2 Å². The first-order valence-corrected chi connectivity index (χ1v) is 9.96. The highest BCUT2D eigenvalue weighted by molar-refractivity contribution is 7.20. The van der Waals surface area contributed by atoms with Crippen LogP contribution in [0.15, 0.2) is 30.6 Å². The SMILES string of the molecule is Clc1cccc(CNc2ncnc3cc(C#CN4CCCC4)sc23)c1Cl. The first kappa shape index (κ1) is 17.4.